The summed E-state index contributed by atoms with van der Waals surface area (Å²) in [5.41, 5.74) is 0. The molecule has 0 spiro atoms. The van der Waals surface area contributed by atoms with Crippen LogP contribution >= 0.6 is 15.9 Å². The number of halogens is 1. The molecule has 0 rings (SSSR count). The molecule has 0 aliphatic rings. The Morgan fingerprint density at radius 1 is 1.54 bits per heavy atom. The van der Waals surface area contributed by atoms with Crippen molar-refractivity contribution in [3.63, 3.8) is 0 Å². The molecule has 13 heavy (non-hydrogen) atoms. The van der Waals surface area contributed by atoms with Crippen LogP contribution in [0.2, 0.25) is 0 Å². The number of carboxylic acid groups (broad SMARTS) is 1. The molecule has 0 amide bonds. The molecular formula is C6H12BrNO4S. The Morgan fingerprint density at radius 2 is 2.08 bits per heavy atom. The second kappa shape index (κ2) is 5.56. The number of carboxylic acids is 1. The van der Waals surface area contributed by atoms with E-state index in [-0.39, 0.29) is 12.3 Å². The van der Waals surface area contributed by atoms with Gasteiger partial charge in [-0.2, -0.15) is 4.31 Å². The third-order valence-corrected chi connectivity index (χ3v) is 4.21. The van der Waals surface area contributed by atoms with Gasteiger partial charge in [-0.15, -0.1) is 0 Å². The van der Waals surface area contributed by atoms with Crippen LogP contribution in [0.4, 0.5) is 0 Å². The van der Waals surface area contributed by atoms with Crippen molar-refractivity contribution in [1.82, 2.24) is 4.31 Å². The van der Waals surface area contributed by atoms with Crippen LogP contribution in [-0.4, -0.2) is 48.0 Å². The molecule has 1 N–H and O–H groups in total. The molecule has 0 radical (unpaired) electrons. The van der Waals surface area contributed by atoms with Gasteiger partial charge in [-0.1, -0.05) is 22.9 Å². The summed E-state index contributed by atoms with van der Waals surface area (Å²) in [5, 5.41) is 8.74. The van der Waals surface area contributed by atoms with Gasteiger partial charge < -0.3 is 5.11 Å². The lowest BCUT2D eigenvalue weighted by atomic mass is 10.6. The Balaban J connectivity index is 4.47. The van der Waals surface area contributed by atoms with Crippen LogP contribution in [0.5, 0.6) is 0 Å². The maximum atomic E-state index is 11.3. The van der Waals surface area contributed by atoms with Crippen molar-refractivity contribution in [3.8, 4) is 0 Å². The van der Waals surface area contributed by atoms with Gasteiger partial charge in [-0.05, 0) is 0 Å². The van der Waals surface area contributed by atoms with E-state index in [0.29, 0.717) is 5.33 Å². The number of likely N-dealkylation sites (N-methyl/N-ethyl adjacent to an activating group) is 1. The monoisotopic (exact) mass is 273 g/mol. The summed E-state index contributed by atoms with van der Waals surface area (Å²) >= 11 is 3.00. The first-order chi connectivity index (χ1) is 5.94. The SMILES string of the molecule is CCN(CC(=O)O)S(=O)(=O)CCBr. The van der Waals surface area contributed by atoms with Gasteiger partial charge in [0, 0.05) is 11.9 Å². The van der Waals surface area contributed by atoms with Gasteiger partial charge in [0.15, 0.2) is 0 Å². The van der Waals surface area contributed by atoms with Crippen molar-refractivity contribution in [3.05, 3.63) is 0 Å². The third-order valence-electron chi connectivity index (χ3n) is 1.39. The number of carbonyl (C=O) groups is 1. The van der Waals surface area contributed by atoms with Crippen LogP contribution in [0.15, 0.2) is 0 Å². The molecule has 0 bridgehead atoms. The molecule has 0 aromatic carbocycles. The van der Waals surface area contributed by atoms with Crippen LogP contribution in [0.1, 0.15) is 6.92 Å². The highest BCUT2D eigenvalue weighted by Crippen LogP contribution is 2.02. The average molecular weight is 274 g/mol. The molecule has 78 valence electrons. The van der Waals surface area contributed by atoms with Crippen molar-refractivity contribution in [2.24, 2.45) is 0 Å². The Kier molecular flexibility index (Phi) is 5.50. The number of hydrogen-bond donors (Lipinski definition) is 1. The van der Waals surface area contributed by atoms with E-state index in [9.17, 15) is 13.2 Å². The molecule has 0 saturated carbocycles. The van der Waals surface area contributed by atoms with Crippen molar-refractivity contribution in [2.45, 2.75) is 6.92 Å². The third kappa shape index (κ3) is 4.58. The molecule has 0 atom stereocenters. The van der Waals surface area contributed by atoms with Crippen molar-refractivity contribution < 1.29 is 18.3 Å². The fourth-order valence-corrected chi connectivity index (χ4v) is 3.17. The smallest absolute Gasteiger partial charge is 0.318 e. The summed E-state index contributed by atoms with van der Waals surface area (Å²) < 4.78 is 23.6. The minimum Gasteiger partial charge on any atom is -0.480 e. The van der Waals surface area contributed by atoms with Gasteiger partial charge in [0.05, 0.1) is 5.75 Å². The van der Waals surface area contributed by atoms with Crippen LogP contribution in [0.25, 0.3) is 0 Å². The zero-order chi connectivity index (χ0) is 10.5. The first kappa shape index (κ1) is 12.9. The standard InChI is InChI=1S/C6H12BrNO4S/c1-2-8(5-6(9)10)13(11,12)4-3-7/h2-5H2,1H3,(H,9,10). The molecule has 0 aromatic heterocycles. The quantitative estimate of drug-likeness (QED) is 0.698. The number of rotatable bonds is 6. The van der Waals surface area contributed by atoms with Crippen molar-refractivity contribution >= 4 is 31.9 Å². The largest absolute Gasteiger partial charge is 0.480 e. The fraction of sp³-hybridized carbons (Fsp3) is 0.833. The minimum absolute atomic E-state index is 0.0753. The number of hydrogen-bond acceptors (Lipinski definition) is 3. The Bertz CT molecular complexity index is 264. The predicted octanol–water partition coefficient (Wildman–Crippen LogP) is 0.118. The van der Waals surface area contributed by atoms with E-state index in [4.69, 9.17) is 5.11 Å². The molecule has 5 nitrogen and oxygen atoms in total. The molecule has 0 fully saturated rings. The maximum Gasteiger partial charge on any atom is 0.318 e. The lowest BCUT2D eigenvalue weighted by Crippen LogP contribution is -2.37. The first-order valence-electron chi connectivity index (χ1n) is 3.69. The molecule has 0 aliphatic heterocycles. The number of sulfonamides is 1. The second-order valence-corrected chi connectivity index (χ2v) is 5.21. The number of nitrogens with zero attached hydrogens (tertiary/aromatic N) is 1. The summed E-state index contributed by atoms with van der Waals surface area (Å²) in [6.45, 7) is 1.32. The molecule has 0 unspecified atom stereocenters. The summed E-state index contributed by atoms with van der Waals surface area (Å²) in [6.07, 6.45) is 0. The van der Waals surface area contributed by atoms with Gasteiger partial charge in [0.2, 0.25) is 10.0 Å². The zero-order valence-corrected chi connectivity index (χ0v) is 9.64. The van der Waals surface area contributed by atoms with E-state index in [1.807, 2.05) is 0 Å². The van der Waals surface area contributed by atoms with E-state index in [0.717, 1.165) is 4.31 Å². The molecule has 0 heterocycles. The van der Waals surface area contributed by atoms with Crippen molar-refractivity contribution in [2.75, 3.05) is 24.2 Å². The summed E-state index contributed by atoms with van der Waals surface area (Å²) in [5.74, 6) is -1.21. The van der Waals surface area contributed by atoms with Crippen LogP contribution in [0, 0.1) is 0 Å². The molecular weight excluding hydrogens is 262 g/mol. The lowest BCUT2D eigenvalue weighted by molar-refractivity contribution is -0.137. The van der Waals surface area contributed by atoms with E-state index in [1.54, 1.807) is 6.92 Å². The maximum absolute atomic E-state index is 11.3. The predicted molar refractivity (Wildman–Crippen MR) is 52.5 cm³/mol. The minimum atomic E-state index is -3.41. The molecule has 7 heteroatoms. The topological polar surface area (TPSA) is 74.7 Å². The van der Waals surface area contributed by atoms with E-state index in [1.165, 1.54) is 0 Å². The number of alkyl halides is 1. The fourth-order valence-electron chi connectivity index (χ4n) is 0.784. The average Bonchev–Trinajstić information content (AvgIpc) is 1.99. The highest BCUT2D eigenvalue weighted by atomic mass is 79.9. The highest BCUT2D eigenvalue weighted by Gasteiger charge is 2.21. The highest BCUT2D eigenvalue weighted by molar-refractivity contribution is 9.09. The molecule has 0 saturated heterocycles. The Labute approximate surface area is 85.9 Å². The summed E-state index contributed by atoms with van der Waals surface area (Å²) in [7, 11) is -3.41. The first-order valence-corrected chi connectivity index (χ1v) is 6.42. The van der Waals surface area contributed by atoms with Crippen LogP contribution < -0.4 is 0 Å². The van der Waals surface area contributed by atoms with Gasteiger partial charge in [0.25, 0.3) is 0 Å². The zero-order valence-electron chi connectivity index (χ0n) is 7.23. The van der Waals surface area contributed by atoms with Gasteiger partial charge in [-0.25, -0.2) is 8.42 Å². The molecule has 0 aliphatic carbocycles. The van der Waals surface area contributed by atoms with Gasteiger partial charge in [0.1, 0.15) is 6.54 Å². The van der Waals surface area contributed by atoms with E-state index >= 15 is 0 Å². The van der Waals surface area contributed by atoms with E-state index < -0.39 is 22.5 Å². The normalized spacial score (nSPS) is 11.9. The lowest BCUT2D eigenvalue weighted by Gasteiger charge is -2.17. The van der Waals surface area contributed by atoms with Gasteiger partial charge >= 0.3 is 5.97 Å². The summed E-state index contributed by atoms with van der Waals surface area (Å²) in [6, 6.07) is 0. The Hall–Kier alpha value is -0.140. The second-order valence-electron chi connectivity index (χ2n) is 2.32. The summed E-state index contributed by atoms with van der Waals surface area (Å²) in [4.78, 5) is 10.3. The molecule has 0 aromatic rings. The van der Waals surface area contributed by atoms with Gasteiger partial charge in [-0.3, -0.25) is 4.79 Å². The number of aliphatic carboxylic acids is 1. The van der Waals surface area contributed by atoms with Crippen LogP contribution in [-0.2, 0) is 14.8 Å². The van der Waals surface area contributed by atoms with Crippen molar-refractivity contribution in [1.29, 1.82) is 0 Å². The van der Waals surface area contributed by atoms with E-state index in [2.05, 4.69) is 15.9 Å². The Morgan fingerprint density at radius 3 is 2.38 bits per heavy atom. The van der Waals surface area contributed by atoms with Crippen LogP contribution in [0.3, 0.4) is 0 Å².